The maximum Gasteiger partial charge on any atom is 0.169 e. The van der Waals surface area contributed by atoms with Gasteiger partial charge in [-0.15, -0.1) is 10.2 Å². The number of aliphatic hydroxyl groups is 1. The second-order valence-electron chi connectivity index (χ2n) is 7.47. The Labute approximate surface area is 164 Å². The lowest BCUT2D eigenvalue weighted by Crippen LogP contribution is -2.44. The quantitative estimate of drug-likeness (QED) is 0.738. The van der Waals surface area contributed by atoms with Crippen molar-refractivity contribution in [3.8, 4) is 5.69 Å². The van der Waals surface area contributed by atoms with E-state index in [-0.39, 0.29) is 5.82 Å². The van der Waals surface area contributed by atoms with Crippen molar-refractivity contribution in [1.82, 2.24) is 19.7 Å². The van der Waals surface area contributed by atoms with Gasteiger partial charge >= 0.3 is 0 Å². The highest BCUT2D eigenvalue weighted by Crippen LogP contribution is 2.34. The standard InChI is InChI=1S/C22H25FN4O/c1-17-24-25-21(27(17)20-10-6-5-9-19(20)23)22(28)12-15-26(16-13-22)14-11-18-7-3-2-4-8-18/h2-10,28H,11-16H2,1H3. The summed E-state index contributed by atoms with van der Waals surface area (Å²) in [5.41, 5.74) is 0.588. The van der Waals surface area contributed by atoms with Gasteiger partial charge in [-0.2, -0.15) is 0 Å². The van der Waals surface area contributed by atoms with Crippen molar-refractivity contribution < 1.29 is 9.50 Å². The van der Waals surface area contributed by atoms with Gasteiger partial charge in [-0.3, -0.25) is 4.57 Å². The summed E-state index contributed by atoms with van der Waals surface area (Å²) >= 11 is 0. The predicted molar refractivity (Wildman–Crippen MR) is 106 cm³/mol. The van der Waals surface area contributed by atoms with E-state index in [1.165, 1.54) is 11.6 Å². The van der Waals surface area contributed by atoms with Crippen LogP contribution in [0.4, 0.5) is 4.39 Å². The third-order valence-corrected chi connectivity index (χ3v) is 5.58. The average molecular weight is 380 g/mol. The number of para-hydroxylation sites is 1. The summed E-state index contributed by atoms with van der Waals surface area (Å²) in [6, 6.07) is 16.9. The van der Waals surface area contributed by atoms with Gasteiger partial charge in [-0.05, 0) is 43.9 Å². The van der Waals surface area contributed by atoms with Gasteiger partial charge in [-0.1, -0.05) is 42.5 Å². The fourth-order valence-corrected chi connectivity index (χ4v) is 3.89. The Kier molecular flexibility index (Phi) is 5.24. The number of rotatable bonds is 5. The molecule has 5 nitrogen and oxygen atoms in total. The van der Waals surface area contributed by atoms with Gasteiger partial charge in [0.1, 0.15) is 17.2 Å². The second-order valence-corrected chi connectivity index (χ2v) is 7.47. The normalized spacial score (nSPS) is 17.0. The van der Waals surface area contributed by atoms with E-state index in [0.29, 0.717) is 30.2 Å². The minimum atomic E-state index is -1.10. The molecule has 0 aliphatic carbocycles. The zero-order valence-electron chi connectivity index (χ0n) is 16.1. The first-order valence-corrected chi connectivity index (χ1v) is 9.73. The van der Waals surface area contributed by atoms with E-state index in [0.717, 1.165) is 26.1 Å². The van der Waals surface area contributed by atoms with Crippen LogP contribution in [0.2, 0.25) is 0 Å². The lowest BCUT2D eigenvalue weighted by molar-refractivity contribution is -0.0340. The first-order chi connectivity index (χ1) is 13.6. The maximum absolute atomic E-state index is 14.4. The van der Waals surface area contributed by atoms with E-state index >= 15 is 0 Å². The molecular weight excluding hydrogens is 355 g/mol. The molecule has 1 saturated heterocycles. The molecule has 1 aliphatic heterocycles. The molecule has 4 rings (SSSR count). The molecule has 0 bridgehead atoms. The van der Waals surface area contributed by atoms with Crippen LogP contribution in [0.3, 0.4) is 0 Å². The van der Waals surface area contributed by atoms with Crippen LogP contribution in [-0.2, 0) is 12.0 Å². The summed E-state index contributed by atoms with van der Waals surface area (Å²) in [7, 11) is 0. The van der Waals surface area contributed by atoms with Crippen molar-refractivity contribution in [2.24, 2.45) is 0 Å². The third-order valence-electron chi connectivity index (χ3n) is 5.58. The number of hydrogen-bond acceptors (Lipinski definition) is 4. The van der Waals surface area contributed by atoms with E-state index in [2.05, 4.69) is 39.4 Å². The first kappa shape index (κ1) is 18.8. The smallest absolute Gasteiger partial charge is 0.169 e. The fraction of sp³-hybridized carbons (Fsp3) is 0.364. The second kappa shape index (κ2) is 7.81. The number of aryl methyl sites for hydroxylation is 1. The van der Waals surface area contributed by atoms with Crippen molar-refractivity contribution in [1.29, 1.82) is 0 Å². The molecule has 1 aliphatic rings. The molecule has 0 saturated carbocycles. The maximum atomic E-state index is 14.4. The molecule has 0 unspecified atom stereocenters. The van der Waals surface area contributed by atoms with Gasteiger partial charge in [0, 0.05) is 19.6 Å². The van der Waals surface area contributed by atoms with E-state index in [4.69, 9.17) is 0 Å². The lowest BCUT2D eigenvalue weighted by Gasteiger charge is -2.37. The number of hydrogen-bond donors (Lipinski definition) is 1. The molecule has 1 fully saturated rings. The minimum absolute atomic E-state index is 0.351. The summed E-state index contributed by atoms with van der Waals surface area (Å²) in [6.07, 6.45) is 2.09. The van der Waals surface area contributed by atoms with Crippen LogP contribution < -0.4 is 0 Å². The highest BCUT2D eigenvalue weighted by atomic mass is 19.1. The highest BCUT2D eigenvalue weighted by Gasteiger charge is 2.39. The predicted octanol–water partition coefficient (Wildman–Crippen LogP) is 3.24. The van der Waals surface area contributed by atoms with Crippen molar-refractivity contribution in [2.45, 2.75) is 31.8 Å². The Balaban J connectivity index is 1.48. The summed E-state index contributed by atoms with van der Waals surface area (Å²) in [6.45, 7) is 4.28. The zero-order valence-corrected chi connectivity index (χ0v) is 16.1. The molecule has 1 aromatic heterocycles. The van der Waals surface area contributed by atoms with Crippen LogP contribution in [0.1, 0.15) is 30.1 Å². The number of likely N-dealkylation sites (tertiary alicyclic amines) is 1. The molecule has 28 heavy (non-hydrogen) atoms. The van der Waals surface area contributed by atoms with Gasteiger partial charge in [0.2, 0.25) is 0 Å². The molecule has 2 heterocycles. The van der Waals surface area contributed by atoms with Crippen molar-refractivity contribution in [3.05, 3.63) is 77.6 Å². The molecule has 0 atom stereocenters. The van der Waals surface area contributed by atoms with Crippen LogP contribution in [0.25, 0.3) is 5.69 Å². The van der Waals surface area contributed by atoms with E-state index in [1.807, 2.05) is 6.07 Å². The monoisotopic (exact) mass is 380 g/mol. The van der Waals surface area contributed by atoms with Crippen LogP contribution in [0.5, 0.6) is 0 Å². The summed E-state index contributed by atoms with van der Waals surface area (Å²) in [4.78, 5) is 2.36. The molecule has 3 aromatic rings. The minimum Gasteiger partial charge on any atom is -0.382 e. The average Bonchev–Trinajstić information content (AvgIpc) is 3.11. The van der Waals surface area contributed by atoms with Crippen LogP contribution in [0.15, 0.2) is 54.6 Å². The van der Waals surface area contributed by atoms with Crippen LogP contribution in [-0.4, -0.2) is 44.4 Å². The SMILES string of the molecule is Cc1nnc(C2(O)CCN(CCc3ccccc3)CC2)n1-c1ccccc1F. The molecule has 0 radical (unpaired) electrons. The number of benzene rings is 2. The number of aromatic nitrogens is 3. The Morgan fingerprint density at radius 1 is 1.00 bits per heavy atom. The van der Waals surface area contributed by atoms with Crippen molar-refractivity contribution >= 4 is 0 Å². The molecule has 6 heteroatoms. The van der Waals surface area contributed by atoms with E-state index in [9.17, 15) is 9.50 Å². The Morgan fingerprint density at radius 3 is 2.39 bits per heavy atom. The first-order valence-electron chi connectivity index (χ1n) is 9.73. The topological polar surface area (TPSA) is 54.2 Å². The van der Waals surface area contributed by atoms with Gasteiger partial charge in [0.15, 0.2) is 5.82 Å². The molecule has 0 spiro atoms. The molecular formula is C22H25FN4O. The summed E-state index contributed by atoms with van der Waals surface area (Å²) in [5, 5.41) is 19.7. The molecule has 0 amide bonds. The van der Waals surface area contributed by atoms with Crippen LogP contribution >= 0.6 is 0 Å². The third kappa shape index (κ3) is 3.70. The molecule has 1 N–H and O–H groups in total. The summed E-state index contributed by atoms with van der Waals surface area (Å²) in [5.74, 6) is 0.647. The number of piperidine rings is 1. The molecule has 146 valence electrons. The van der Waals surface area contributed by atoms with E-state index < -0.39 is 5.60 Å². The van der Waals surface area contributed by atoms with E-state index in [1.54, 1.807) is 29.7 Å². The fourth-order valence-electron chi connectivity index (χ4n) is 3.89. The van der Waals surface area contributed by atoms with Gasteiger partial charge < -0.3 is 10.0 Å². The number of halogens is 1. The van der Waals surface area contributed by atoms with Crippen molar-refractivity contribution in [2.75, 3.05) is 19.6 Å². The zero-order chi connectivity index (χ0) is 19.6. The van der Waals surface area contributed by atoms with Crippen molar-refractivity contribution in [3.63, 3.8) is 0 Å². The van der Waals surface area contributed by atoms with Crippen LogP contribution in [0, 0.1) is 12.7 Å². The van der Waals surface area contributed by atoms with Gasteiger partial charge in [0.05, 0.1) is 5.69 Å². The highest BCUT2D eigenvalue weighted by molar-refractivity contribution is 5.36. The van der Waals surface area contributed by atoms with Gasteiger partial charge in [-0.25, -0.2) is 4.39 Å². The Bertz CT molecular complexity index is 933. The summed E-state index contributed by atoms with van der Waals surface area (Å²) < 4.78 is 16.0. The Hall–Kier alpha value is -2.57. The van der Waals surface area contributed by atoms with Gasteiger partial charge in [0.25, 0.3) is 0 Å². The Morgan fingerprint density at radius 2 is 1.68 bits per heavy atom. The largest absolute Gasteiger partial charge is 0.382 e. The molecule has 2 aromatic carbocycles. The lowest BCUT2D eigenvalue weighted by atomic mass is 9.90. The number of nitrogens with zero attached hydrogens (tertiary/aromatic N) is 4.